The molecule has 1 aliphatic rings. The van der Waals surface area contributed by atoms with E-state index in [9.17, 15) is 0 Å². The lowest BCUT2D eigenvalue weighted by Gasteiger charge is -2.22. The summed E-state index contributed by atoms with van der Waals surface area (Å²) in [4.78, 5) is 0.442. The number of benzene rings is 1. The Hall–Kier alpha value is -0.260. The van der Waals surface area contributed by atoms with E-state index in [1.165, 1.54) is 19.3 Å². The minimum absolute atomic E-state index is 0.442. The maximum Gasteiger partial charge on any atom is 0.106 e. The average Bonchev–Trinajstić information content (AvgIpc) is 2.78. The van der Waals surface area contributed by atoms with Crippen LogP contribution in [0.5, 0.6) is 0 Å². The van der Waals surface area contributed by atoms with Gasteiger partial charge in [-0.15, -0.1) is 0 Å². The highest BCUT2D eigenvalue weighted by molar-refractivity contribution is 9.10. The number of nitrogens with one attached hydrogen (secondary N) is 1. The zero-order valence-corrected chi connectivity index (χ0v) is 13.5. The highest BCUT2D eigenvalue weighted by Crippen LogP contribution is 2.32. The molecule has 0 radical (unpaired) electrons. The van der Waals surface area contributed by atoms with Crippen molar-refractivity contribution < 1.29 is 0 Å². The zero-order chi connectivity index (χ0) is 13.1. The molecule has 2 nitrogen and oxygen atoms in total. The average molecular weight is 345 g/mol. The molecule has 0 bridgehead atoms. The Morgan fingerprint density at radius 1 is 1.50 bits per heavy atom. The maximum atomic E-state index is 5.79. The number of rotatable bonds is 4. The van der Waals surface area contributed by atoms with Gasteiger partial charge in [-0.3, -0.25) is 0 Å². The lowest BCUT2D eigenvalue weighted by Crippen LogP contribution is -2.27. The lowest BCUT2D eigenvalue weighted by atomic mass is 10.1. The Morgan fingerprint density at radius 3 is 2.94 bits per heavy atom. The van der Waals surface area contributed by atoms with Gasteiger partial charge < -0.3 is 11.1 Å². The molecule has 1 aromatic carbocycles. The Morgan fingerprint density at radius 2 is 2.28 bits per heavy atom. The highest BCUT2D eigenvalue weighted by atomic mass is 79.9. The molecule has 0 aromatic heterocycles. The fourth-order valence-electron chi connectivity index (χ4n) is 2.42. The number of nitrogens with two attached hydrogens (primary N) is 1. The van der Waals surface area contributed by atoms with E-state index < -0.39 is 0 Å². The third-order valence-corrected chi connectivity index (χ3v) is 5.23. The van der Waals surface area contributed by atoms with Gasteiger partial charge in [-0.25, -0.2) is 0 Å². The molecule has 0 heterocycles. The van der Waals surface area contributed by atoms with Crippen molar-refractivity contribution >= 4 is 50.6 Å². The van der Waals surface area contributed by atoms with Gasteiger partial charge in [0.2, 0.25) is 0 Å². The monoisotopic (exact) mass is 344 g/mol. The predicted molar refractivity (Wildman–Crippen MR) is 88.6 cm³/mol. The van der Waals surface area contributed by atoms with Gasteiger partial charge in [0.25, 0.3) is 0 Å². The van der Waals surface area contributed by atoms with Crippen LogP contribution in [0.1, 0.15) is 24.8 Å². The van der Waals surface area contributed by atoms with Crippen LogP contribution in [0.4, 0.5) is 5.69 Å². The van der Waals surface area contributed by atoms with Crippen molar-refractivity contribution in [1.29, 1.82) is 0 Å². The molecular weight excluding hydrogens is 328 g/mol. The minimum atomic E-state index is 0.442. The Balaban J connectivity index is 2.20. The summed E-state index contributed by atoms with van der Waals surface area (Å²) in [5.41, 5.74) is 7.77. The molecule has 0 aliphatic heterocycles. The van der Waals surface area contributed by atoms with Gasteiger partial charge in [0.15, 0.2) is 0 Å². The van der Waals surface area contributed by atoms with Crippen LogP contribution in [0.15, 0.2) is 22.7 Å². The molecule has 1 aromatic rings. The standard InChI is InChI=1S/C13H17BrN2S2/c1-18-12-4-2-3-11(12)16-10-6-5-8(14)7-9(10)13(15)17/h5-7,11-12,16H,2-4H2,1H3,(H2,15,17). The number of anilines is 1. The van der Waals surface area contributed by atoms with Crippen LogP contribution in [-0.2, 0) is 0 Å². The van der Waals surface area contributed by atoms with Gasteiger partial charge in [-0.05, 0) is 37.3 Å². The predicted octanol–water partition coefficient (Wildman–Crippen LogP) is 3.78. The molecule has 0 spiro atoms. The summed E-state index contributed by atoms with van der Waals surface area (Å²) < 4.78 is 1.00. The zero-order valence-electron chi connectivity index (χ0n) is 10.3. The van der Waals surface area contributed by atoms with Crippen molar-refractivity contribution in [2.45, 2.75) is 30.6 Å². The molecule has 5 heteroatoms. The molecule has 18 heavy (non-hydrogen) atoms. The molecule has 1 aliphatic carbocycles. The summed E-state index contributed by atoms with van der Waals surface area (Å²) in [6.45, 7) is 0. The van der Waals surface area contributed by atoms with E-state index in [-0.39, 0.29) is 0 Å². The van der Waals surface area contributed by atoms with Gasteiger partial charge in [0.1, 0.15) is 4.99 Å². The van der Waals surface area contributed by atoms with E-state index in [1.54, 1.807) is 0 Å². The first kappa shape index (κ1) is 14.2. The van der Waals surface area contributed by atoms with Gasteiger partial charge in [0.05, 0.1) is 0 Å². The lowest BCUT2D eigenvalue weighted by molar-refractivity contribution is 0.768. The van der Waals surface area contributed by atoms with Crippen molar-refractivity contribution in [1.82, 2.24) is 0 Å². The third-order valence-electron chi connectivity index (χ3n) is 3.34. The number of hydrogen-bond acceptors (Lipinski definition) is 3. The van der Waals surface area contributed by atoms with E-state index in [1.807, 2.05) is 30.0 Å². The normalized spacial score (nSPS) is 23.0. The van der Waals surface area contributed by atoms with Crippen molar-refractivity contribution in [2.24, 2.45) is 5.73 Å². The third kappa shape index (κ3) is 3.19. The molecule has 2 atom stereocenters. The molecule has 3 N–H and O–H groups in total. The highest BCUT2D eigenvalue weighted by Gasteiger charge is 2.26. The topological polar surface area (TPSA) is 38.0 Å². The summed E-state index contributed by atoms with van der Waals surface area (Å²) in [5, 5.41) is 4.30. The molecule has 1 fully saturated rings. The largest absolute Gasteiger partial charge is 0.389 e. The number of thioether (sulfide) groups is 1. The van der Waals surface area contributed by atoms with Crippen LogP contribution in [0.25, 0.3) is 0 Å². The van der Waals surface area contributed by atoms with E-state index >= 15 is 0 Å². The first-order valence-corrected chi connectivity index (χ1v) is 8.49. The summed E-state index contributed by atoms with van der Waals surface area (Å²) in [7, 11) is 0. The van der Waals surface area contributed by atoms with Crippen molar-refractivity contribution in [3.05, 3.63) is 28.2 Å². The first-order valence-electron chi connectivity index (χ1n) is 6.00. The fraction of sp³-hybridized carbons (Fsp3) is 0.462. The van der Waals surface area contributed by atoms with Gasteiger partial charge >= 0.3 is 0 Å². The molecule has 0 saturated heterocycles. The Bertz CT molecular complexity index is 451. The Labute approximate surface area is 126 Å². The summed E-state index contributed by atoms with van der Waals surface area (Å²) in [6, 6.07) is 6.57. The van der Waals surface area contributed by atoms with Gasteiger partial charge in [0, 0.05) is 27.0 Å². The quantitative estimate of drug-likeness (QED) is 0.815. The summed E-state index contributed by atoms with van der Waals surface area (Å²) in [6.07, 6.45) is 5.99. The molecule has 0 amide bonds. The van der Waals surface area contributed by atoms with Crippen molar-refractivity contribution in [2.75, 3.05) is 11.6 Å². The number of halogens is 1. The van der Waals surface area contributed by atoms with Gasteiger partial charge in [-0.2, -0.15) is 11.8 Å². The van der Waals surface area contributed by atoms with Gasteiger partial charge in [-0.1, -0.05) is 34.6 Å². The van der Waals surface area contributed by atoms with Crippen LogP contribution >= 0.6 is 39.9 Å². The van der Waals surface area contributed by atoms with Crippen LogP contribution < -0.4 is 11.1 Å². The maximum absolute atomic E-state index is 5.79. The first-order chi connectivity index (χ1) is 8.61. The minimum Gasteiger partial charge on any atom is -0.389 e. The van der Waals surface area contributed by atoms with E-state index in [2.05, 4.69) is 27.5 Å². The van der Waals surface area contributed by atoms with Crippen LogP contribution in [0.3, 0.4) is 0 Å². The molecular formula is C13H17BrN2S2. The van der Waals surface area contributed by atoms with Crippen LogP contribution in [-0.4, -0.2) is 22.5 Å². The van der Waals surface area contributed by atoms with E-state index in [0.29, 0.717) is 16.3 Å². The van der Waals surface area contributed by atoms with Crippen LogP contribution in [0.2, 0.25) is 0 Å². The summed E-state index contributed by atoms with van der Waals surface area (Å²) in [5.74, 6) is 0. The summed E-state index contributed by atoms with van der Waals surface area (Å²) >= 11 is 10.5. The second-order valence-corrected chi connectivity index (χ2v) is 6.94. The number of hydrogen-bond donors (Lipinski definition) is 2. The molecule has 2 rings (SSSR count). The molecule has 2 unspecified atom stereocenters. The van der Waals surface area contributed by atoms with Crippen molar-refractivity contribution in [3.63, 3.8) is 0 Å². The fourth-order valence-corrected chi connectivity index (χ4v) is 3.88. The molecule has 1 saturated carbocycles. The Kier molecular flexibility index (Phi) is 4.92. The second-order valence-electron chi connectivity index (χ2n) is 4.51. The van der Waals surface area contributed by atoms with Crippen LogP contribution in [0, 0.1) is 0 Å². The van der Waals surface area contributed by atoms with E-state index in [0.717, 1.165) is 15.7 Å². The van der Waals surface area contributed by atoms with Crippen molar-refractivity contribution in [3.8, 4) is 0 Å². The smallest absolute Gasteiger partial charge is 0.106 e. The SMILES string of the molecule is CSC1CCCC1Nc1ccc(Br)cc1C(N)=S. The second kappa shape index (κ2) is 6.26. The number of thiocarbonyl (C=S) groups is 1. The van der Waals surface area contributed by atoms with E-state index in [4.69, 9.17) is 18.0 Å². The molecule has 98 valence electrons.